The van der Waals surface area contributed by atoms with Gasteiger partial charge in [0.15, 0.2) is 5.89 Å². The summed E-state index contributed by atoms with van der Waals surface area (Å²) in [6, 6.07) is 11.5. The molecule has 3 aromatic rings. The molecule has 2 aromatic heterocycles. The molecule has 172 valence electrons. The molecule has 0 spiro atoms. The Morgan fingerprint density at radius 2 is 1.88 bits per heavy atom. The lowest BCUT2D eigenvalue weighted by Crippen LogP contribution is -2.27. The Bertz CT molecular complexity index is 1000. The Balaban J connectivity index is 0.000000451. The van der Waals surface area contributed by atoms with Crippen LogP contribution in [0.2, 0.25) is 0 Å². The highest BCUT2D eigenvalue weighted by Gasteiger charge is 2.38. The zero-order chi connectivity index (χ0) is 23.6. The van der Waals surface area contributed by atoms with Gasteiger partial charge in [0.05, 0.1) is 18.4 Å². The summed E-state index contributed by atoms with van der Waals surface area (Å²) >= 11 is 0. The van der Waals surface area contributed by atoms with Crippen molar-refractivity contribution in [3.05, 3.63) is 59.9 Å². The van der Waals surface area contributed by atoms with Crippen LogP contribution in [0.5, 0.6) is 0 Å². The number of hydrogen-bond donors (Lipinski definition) is 4. The van der Waals surface area contributed by atoms with E-state index in [0.29, 0.717) is 24.7 Å². The van der Waals surface area contributed by atoms with E-state index < -0.39 is 12.1 Å². The van der Waals surface area contributed by atoms with Gasteiger partial charge in [0.25, 0.3) is 5.91 Å². The monoisotopic (exact) mass is 453 g/mol. The summed E-state index contributed by atoms with van der Waals surface area (Å²) in [4.78, 5) is 25.1. The molecule has 0 aliphatic rings. The molecule has 32 heavy (non-hydrogen) atoms. The number of nitrogens with zero attached hydrogens (tertiary/aromatic N) is 2. The Morgan fingerprint density at radius 1 is 1.19 bits per heavy atom. The summed E-state index contributed by atoms with van der Waals surface area (Å²) in [5.74, 6) is -1.43. The van der Waals surface area contributed by atoms with E-state index in [4.69, 9.17) is 14.3 Å². The van der Waals surface area contributed by atoms with Crippen molar-refractivity contribution in [2.75, 3.05) is 13.1 Å². The van der Waals surface area contributed by atoms with Crippen LogP contribution in [-0.4, -0.2) is 51.4 Å². The lowest BCUT2D eigenvalue weighted by molar-refractivity contribution is -0.192. The smallest absolute Gasteiger partial charge is 0.475 e. The molecule has 0 bridgehead atoms. The molecule has 1 amide bonds. The molecule has 0 unspecified atom stereocenters. The summed E-state index contributed by atoms with van der Waals surface area (Å²) in [5, 5.41) is 20.2. The number of carboxylic acid groups (broad SMARTS) is 1. The van der Waals surface area contributed by atoms with Gasteiger partial charge in [-0.25, -0.2) is 9.78 Å². The van der Waals surface area contributed by atoms with E-state index in [0.717, 1.165) is 30.0 Å². The molecule has 4 N–H and O–H groups in total. The molecule has 0 atom stereocenters. The van der Waals surface area contributed by atoms with Gasteiger partial charge in [0.2, 0.25) is 0 Å². The van der Waals surface area contributed by atoms with Crippen molar-refractivity contribution in [3.8, 4) is 11.3 Å². The van der Waals surface area contributed by atoms with Crippen LogP contribution in [0.1, 0.15) is 28.6 Å². The summed E-state index contributed by atoms with van der Waals surface area (Å²) in [7, 11) is 0. The topological polar surface area (TPSA) is 133 Å². The van der Waals surface area contributed by atoms with Crippen molar-refractivity contribution >= 4 is 11.9 Å². The predicted molar refractivity (Wildman–Crippen MR) is 108 cm³/mol. The fraction of sp³-hybridized carbons (Fsp3) is 0.300. The van der Waals surface area contributed by atoms with Crippen molar-refractivity contribution in [2.24, 2.45) is 0 Å². The van der Waals surface area contributed by atoms with E-state index in [2.05, 4.69) is 25.8 Å². The largest absolute Gasteiger partial charge is 0.490 e. The summed E-state index contributed by atoms with van der Waals surface area (Å²) < 4.78 is 37.1. The van der Waals surface area contributed by atoms with E-state index in [1.807, 2.05) is 37.3 Å². The van der Waals surface area contributed by atoms with Crippen molar-refractivity contribution in [2.45, 2.75) is 26.1 Å². The van der Waals surface area contributed by atoms with Crippen LogP contribution >= 0.6 is 0 Å². The Hall–Kier alpha value is -3.67. The normalized spacial score (nSPS) is 10.9. The number of aliphatic carboxylic acids is 1. The molecule has 0 saturated carbocycles. The number of amides is 1. The van der Waals surface area contributed by atoms with Gasteiger partial charge in [0, 0.05) is 19.0 Å². The van der Waals surface area contributed by atoms with Crippen LogP contribution < -0.4 is 10.6 Å². The van der Waals surface area contributed by atoms with E-state index in [9.17, 15) is 18.0 Å². The second kappa shape index (κ2) is 11.6. The third-order valence-corrected chi connectivity index (χ3v) is 3.92. The van der Waals surface area contributed by atoms with E-state index >= 15 is 0 Å². The summed E-state index contributed by atoms with van der Waals surface area (Å²) in [6.45, 7) is 3.81. The molecule has 1 aromatic carbocycles. The molecular formula is C20H22F3N5O4. The van der Waals surface area contributed by atoms with Gasteiger partial charge in [-0.15, -0.1) is 0 Å². The maximum absolute atomic E-state index is 12.1. The number of rotatable bonds is 8. The second-order valence-corrected chi connectivity index (χ2v) is 6.47. The first-order valence-corrected chi connectivity index (χ1v) is 9.48. The molecule has 2 heterocycles. The number of carboxylic acids is 1. The molecule has 9 nitrogen and oxygen atoms in total. The number of alkyl halides is 3. The third-order valence-electron chi connectivity index (χ3n) is 3.92. The second-order valence-electron chi connectivity index (χ2n) is 6.47. The van der Waals surface area contributed by atoms with Gasteiger partial charge in [-0.1, -0.05) is 30.3 Å². The van der Waals surface area contributed by atoms with Crippen LogP contribution in [0, 0.1) is 6.92 Å². The van der Waals surface area contributed by atoms with E-state index in [-0.39, 0.29) is 5.91 Å². The number of carbonyl (C=O) groups excluding carboxylic acids is 1. The van der Waals surface area contributed by atoms with Crippen molar-refractivity contribution in [1.29, 1.82) is 0 Å². The van der Waals surface area contributed by atoms with E-state index in [1.54, 1.807) is 12.3 Å². The third kappa shape index (κ3) is 8.22. The van der Waals surface area contributed by atoms with Crippen LogP contribution in [-0.2, 0) is 11.3 Å². The number of carbonyl (C=O) groups is 2. The Labute approximate surface area is 181 Å². The van der Waals surface area contributed by atoms with Gasteiger partial charge >= 0.3 is 12.1 Å². The number of hydrogen-bond acceptors (Lipinski definition) is 6. The lowest BCUT2D eigenvalue weighted by atomic mass is 10.1. The maximum Gasteiger partial charge on any atom is 0.490 e. The predicted octanol–water partition coefficient (Wildman–Crippen LogP) is 2.92. The number of aryl methyl sites for hydroxylation is 1. The number of aromatic amines is 1. The summed E-state index contributed by atoms with van der Waals surface area (Å²) in [5.41, 5.74) is 2.20. The number of oxazole rings is 1. The molecule has 0 aliphatic carbocycles. The highest BCUT2D eigenvalue weighted by molar-refractivity contribution is 5.93. The van der Waals surface area contributed by atoms with Crippen LogP contribution in [0.4, 0.5) is 13.2 Å². The van der Waals surface area contributed by atoms with Gasteiger partial charge < -0.3 is 20.2 Å². The fourth-order valence-corrected chi connectivity index (χ4v) is 2.40. The Kier molecular flexibility index (Phi) is 8.95. The first-order chi connectivity index (χ1) is 15.2. The lowest BCUT2D eigenvalue weighted by Gasteiger charge is -2.04. The van der Waals surface area contributed by atoms with Crippen molar-refractivity contribution < 1.29 is 32.3 Å². The van der Waals surface area contributed by atoms with Gasteiger partial charge in [-0.2, -0.15) is 18.3 Å². The van der Waals surface area contributed by atoms with Crippen LogP contribution in [0.15, 0.2) is 47.0 Å². The molecule has 0 radical (unpaired) electrons. The van der Waals surface area contributed by atoms with Gasteiger partial charge in [-0.05, 0) is 19.0 Å². The number of benzene rings is 1. The molecule has 3 rings (SSSR count). The average molecular weight is 453 g/mol. The molecule has 0 saturated heterocycles. The van der Waals surface area contributed by atoms with Gasteiger partial charge in [-0.3, -0.25) is 9.89 Å². The highest BCUT2D eigenvalue weighted by Crippen LogP contribution is 2.16. The maximum atomic E-state index is 12.1. The van der Waals surface area contributed by atoms with Gasteiger partial charge in [0.1, 0.15) is 11.5 Å². The van der Waals surface area contributed by atoms with Crippen molar-refractivity contribution in [1.82, 2.24) is 25.8 Å². The minimum absolute atomic E-state index is 0.152. The molecular weight excluding hydrogens is 431 g/mol. The highest BCUT2D eigenvalue weighted by atomic mass is 19.4. The zero-order valence-electron chi connectivity index (χ0n) is 17.1. The Morgan fingerprint density at radius 3 is 2.47 bits per heavy atom. The number of nitrogens with one attached hydrogen (secondary N) is 3. The van der Waals surface area contributed by atoms with E-state index in [1.165, 1.54) is 0 Å². The van der Waals surface area contributed by atoms with Crippen LogP contribution in [0.25, 0.3) is 11.3 Å². The zero-order valence-corrected chi connectivity index (χ0v) is 17.1. The first kappa shape index (κ1) is 24.6. The van der Waals surface area contributed by atoms with Crippen LogP contribution in [0.3, 0.4) is 0 Å². The quantitative estimate of drug-likeness (QED) is 0.386. The minimum Gasteiger partial charge on any atom is -0.475 e. The minimum atomic E-state index is -5.08. The standard InChI is InChI=1S/C18H21N5O2.C2HF3O2/c1-13-21-12-15(25-13)11-19-8-5-9-20-18(24)17-10-16(22-23-17)14-6-3-2-4-7-14;3-2(4,5)1(6)7/h2-4,6-7,10,12,19H,5,8-9,11H2,1H3,(H,20,24)(H,22,23);(H,6,7). The number of aromatic nitrogens is 3. The summed E-state index contributed by atoms with van der Waals surface area (Å²) in [6.07, 6.45) is -2.55. The number of halogens is 3. The fourth-order valence-electron chi connectivity index (χ4n) is 2.40. The van der Waals surface area contributed by atoms with Crippen molar-refractivity contribution in [3.63, 3.8) is 0 Å². The average Bonchev–Trinajstić information content (AvgIpc) is 3.40. The SMILES string of the molecule is Cc1ncc(CNCCCNC(=O)c2cc(-c3ccccc3)n[nH]2)o1.O=C(O)C(F)(F)F. The molecule has 0 aliphatic heterocycles. The first-order valence-electron chi connectivity index (χ1n) is 9.48. The molecule has 12 heteroatoms. The molecule has 0 fully saturated rings. The number of H-pyrrole nitrogens is 1.